The summed E-state index contributed by atoms with van der Waals surface area (Å²) in [5.74, 6) is -1.02. The van der Waals surface area contributed by atoms with E-state index in [1.165, 1.54) is 12.1 Å². The normalized spacial score (nSPS) is 15.5. The molecule has 2 aromatic carbocycles. The van der Waals surface area contributed by atoms with Crippen molar-refractivity contribution in [1.82, 2.24) is 20.0 Å². The first-order valence-electron chi connectivity index (χ1n) is 12.1. The third-order valence-electron chi connectivity index (χ3n) is 6.61. The highest BCUT2D eigenvalue weighted by atomic mass is 19.4. The fourth-order valence-electron chi connectivity index (χ4n) is 4.64. The summed E-state index contributed by atoms with van der Waals surface area (Å²) in [4.78, 5) is 27.8. The lowest BCUT2D eigenvalue weighted by molar-refractivity contribution is -0.143. The molecule has 0 radical (unpaired) electrons. The molecule has 1 aliphatic heterocycles. The molecule has 0 saturated carbocycles. The van der Waals surface area contributed by atoms with Gasteiger partial charge in [0, 0.05) is 19.1 Å². The van der Waals surface area contributed by atoms with Gasteiger partial charge in [-0.2, -0.15) is 18.3 Å². The second-order valence-corrected chi connectivity index (χ2v) is 9.10. The molecule has 2 amide bonds. The van der Waals surface area contributed by atoms with E-state index in [4.69, 9.17) is 0 Å². The Hall–Kier alpha value is -3.62. The maximum absolute atomic E-state index is 14.0. The van der Waals surface area contributed by atoms with Crippen LogP contribution >= 0.6 is 0 Å². The zero-order chi connectivity index (χ0) is 25.9. The lowest BCUT2D eigenvalue weighted by atomic mass is 9.93. The average Bonchev–Trinajstić information content (AvgIpc) is 3.32. The van der Waals surface area contributed by atoms with Gasteiger partial charge in [-0.05, 0) is 43.9 Å². The van der Waals surface area contributed by atoms with Gasteiger partial charge in [0.05, 0.1) is 23.4 Å². The number of halogens is 3. The predicted molar refractivity (Wildman–Crippen MR) is 130 cm³/mol. The van der Waals surface area contributed by atoms with Crippen molar-refractivity contribution in [3.8, 4) is 5.69 Å². The summed E-state index contributed by atoms with van der Waals surface area (Å²) in [5, 5.41) is 6.60. The van der Waals surface area contributed by atoms with E-state index >= 15 is 0 Å². The molecule has 1 unspecified atom stereocenters. The Labute approximate surface area is 208 Å². The molecule has 4 rings (SSSR count). The van der Waals surface area contributed by atoms with Gasteiger partial charge in [-0.3, -0.25) is 9.59 Å². The quantitative estimate of drug-likeness (QED) is 0.513. The Morgan fingerprint density at radius 3 is 2.28 bits per heavy atom. The summed E-state index contributed by atoms with van der Waals surface area (Å²) in [6.07, 6.45) is -2.20. The topological polar surface area (TPSA) is 67.2 Å². The molecule has 0 bridgehead atoms. The first-order chi connectivity index (χ1) is 17.2. The SMILES string of the molecule is CCC(C(=O)N1CCC(NC(=O)c2cnn(-c3ccc(C)cc3)c2C(F)(F)F)CC1)c1ccccc1. The van der Waals surface area contributed by atoms with E-state index in [1.807, 2.05) is 44.2 Å². The monoisotopic (exact) mass is 498 g/mol. The van der Waals surface area contributed by atoms with Crippen LogP contribution < -0.4 is 5.32 Å². The number of piperidine rings is 1. The molecule has 1 aliphatic rings. The first-order valence-corrected chi connectivity index (χ1v) is 12.1. The minimum atomic E-state index is -4.77. The van der Waals surface area contributed by atoms with Crippen LogP contribution in [-0.2, 0) is 11.0 Å². The van der Waals surface area contributed by atoms with Gasteiger partial charge in [-0.1, -0.05) is 55.0 Å². The van der Waals surface area contributed by atoms with Gasteiger partial charge in [0.15, 0.2) is 5.69 Å². The summed E-state index contributed by atoms with van der Waals surface area (Å²) >= 11 is 0. The molecule has 0 aliphatic carbocycles. The fraction of sp³-hybridized carbons (Fsp3) is 0.370. The summed E-state index contributed by atoms with van der Waals surface area (Å²) in [7, 11) is 0. The summed E-state index contributed by atoms with van der Waals surface area (Å²) in [6.45, 7) is 4.67. The largest absolute Gasteiger partial charge is 0.434 e. The van der Waals surface area contributed by atoms with E-state index < -0.39 is 23.3 Å². The van der Waals surface area contributed by atoms with Crippen molar-refractivity contribution in [2.75, 3.05) is 13.1 Å². The standard InChI is InChI=1S/C27H29F3N4O2/c1-3-22(19-7-5-4-6-8-19)26(36)33-15-13-20(14-16-33)32-25(35)23-17-31-34(24(23)27(28,29)30)21-11-9-18(2)10-12-21/h4-12,17,20,22H,3,13-16H2,1-2H3,(H,32,35). The number of aryl methyl sites for hydroxylation is 1. The van der Waals surface area contributed by atoms with E-state index in [-0.39, 0.29) is 23.6 Å². The Morgan fingerprint density at radius 2 is 1.69 bits per heavy atom. The van der Waals surface area contributed by atoms with Crippen LogP contribution in [0.25, 0.3) is 5.69 Å². The Bertz CT molecular complexity index is 1200. The zero-order valence-corrected chi connectivity index (χ0v) is 20.3. The van der Waals surface area contributed by atoms with Crippen LogP contribution in [0.4, 0.5) is 13.2 Å². The van der Waals surface area contributed by atoms with Crippen LogP contribution in [0.15, 0.2) is 60.8 Å². The minimum absolute atomic E-state index is 0.0345. The molecule has 1 aromatic heterocycles. The fourth-order valence-corrected chi connectivity index (χ4v) is 4.64. The summed E-state index contributed by atoms with van der Waals surface area (Å²) in [5.41, 5.74) is 0.464. The van der Waals surface area contributed by atoms with Crippen molar-refractivity contribution < 1.29 is 22.8 Å². The zero-order valence-electron chi connectivity index (χ0n) is 20.3. The van der Waals surface area contributed by atoms with Crippen LogP contribution in [0, 0.1) is 6.92 Å². The smallest absolute Gasteiger partial charge is 0.349 e. The molecule has 190 valence electrons. The van der Waals surface area contributed by atoms with Crippen molar-refractivity contribution in [3.05, 3.63) is 83.2 Å². The van der Waals surface area contributed by atoms with Crippen molar-refractivity contribution >= 4 is 11.8 Å². The van der Waals surface area contributed by atoms with Crippen LogP contribution in [0.1, 0.15) is 59.3 Å². The molecule has 3 aromatic rings. The third kappa shape index (κ3) is 5.45. The highest BCUT2D eigenvalue weighted by Crippen LogP contribution is 2.34. The molecule has 1 N–H and O–H groups in total. The number of alkyl halides is 3. The molecule has 0 spiro atoms. The molecular formula is C27H29F3N4O2. The predicted octanol–water partition coefficient (Wildman–Crippen LogP) is 5.11. The Kier molecular flexibility index (Phi) is 7.47. The van der Waals surface area contributed by atoms with Crippen molar-refractivity contribution in [2.24, 2.45) is 0 Å². The highest BCUT2D eigenvalue weighted by Gasteiger charge is 2.41. The Morgan fingerprint density at radius 1 is 1.06 bits per heavy atom. The lowest BCUT2D eigenvalue weighted by Crippen LogP contribution is -2.47. The maximum Gasteiger partial charge on any atom is 0.434 e. The van der Waals surface area contributed by atoms with Crippen LogP contribution in [-0.4, -0.2) is 45.6 Å². The number of amides is 2. The molecule has 2 heterocycles. The van der Waals surface area contributed by atoms with E-state index in [1.54, 1.807) is 17.0 Å². The molecule has 36 heavy (non-hydrogen) atoms. The van der Waals surface area contributed by atoms with Crippen molar-refractivity contribution in [1.29, 1.82) is 0 Å². The summed E-state index contributed by atoms with van der Waals surface area (Å²) < 4.78 is 42.6. The van der Waals surface area contributed by atoms with E-state index in [2.05, 4.69) is 10.4 Å². The Balaban J connectivity index is 1.43. The highest BCUT2D eigenvalue weighted by molar-refractivity contribution is 5.95. The number of nitrogens with zero attached hydrogens (tertiary/aromatic N) is 3. The van der Waals surface area contributed by atoms with Gasteiger partial charge in [0.2, 0.25) is 5.91 Å². The lowest BCUT2D eigenvalue weighted by Gasteiger charge is -2.34. The van der Waals surface area contributed by atoms with Crippen molar-refractivity contribution in [3.63, 3.8) is 0 Å². The summed E-state index contributed by atoms with van der Waals surface area (Å²) in [6, 6.07) is 15.7. The maximum atomic E-state index is 14.0. The van der Waals surface area contributed by atoms with Gasteiger partial charge < -0.3 is 10.2 Å². The number of nitrogens with one attached hydrogen (secondary N) is 1. The number of carbonyl (C=O) groups excluding carboxylic acids is 2. The van der Waals surface area contributed by atoms with Crippen LogP contribution in [0.5, 0.6) is 0 Å². The second kappa shape index (κ2) is 10.6. The third-order valence-corrected chi connectivity index (χ3v) is 6.61. The van der Waals surface area contributed by atoms with E-state index in [0.717, 1.165) is 22.0 Å². The molecule has 1 saturated heterocycles. The van der Waals surface area contributed by atoms with Crippen molar-refractivity contribution in [2.45, 2.75) is 51.2 Å². The van der Waals surface area contributed by atoms with Crippen LogP contribution in [0.2, 0.25) is 0 Å². The first kappa shape index (κ1) is 25.5. The van der Waals surface area contributed by atoms with Gasteiger partial charge in [-0.25, -0.2) is 4.68 Å². The number of carbonyl (C=O) groups is 2. The number of hydrogen-bond acceptors (Lipinski definition) is 3. The molecule has 9 heteroatoms. The van der Waals surface area contributed by atoms with Gasteiger partial charge in [-0.15, -0.1) is 0 Å². The average molecular weight is 499 g/mol. The van der Waals surface area contributed by atoms with Gasteiger partial charge >= 0.3 is 6.18 Å². The molecular weight excluding hydrogens is 469 g/mol. The van der Waals surface area contributed by atoms with Gasteiger partial charge in [0.25, 0.3) is 5.91 Å². The number of hydrogen-bond donors (Lipinski definition) is 1. The van der Waals surface area contributed by atoms with E-state index in [0.29, 0.717) is 32.4 Å². The number of rotatable bonds is 6. The molecule has 6 nitrogen and oxygen atoms in total. The minimum Gasteiger partial charge on any atom is -0.349 e. The number of likely N-dealkylation sites (tertiary alicyclic amines) is 1. The molecule has 1 fully saturated rings. The molecule has 1 atom stereocenters. The number of aromatic nitrogens is 2. The van der Waals surface area contributed by atoms with E-state index in [9.17, 15) is 22.8 Å². The van der Waals surface area contributed by atoms with Gasteiger partial charge in [0.1, 0.15) is 0 Å². The number of benzene rings is 2. The van der Waals surface area contributed by atoms with Crippen LogP contribution in [0.3, 0.4) is 0 Å². The second-order valence-electron chi connectivity index (χ2n) is 9.10.